The number of carbonyl (C=O) groups is 1. The van der Waals surface area contributed by atoms with Crippen LogP contribution in [0.1, 0.15) is 24.8 Å². The van der Waals surface area contributed by atoms with E-state index < -0.39 is 0 Å². The molecule has 1 fully saturated rings. The van der Waals surface area contributed by atoms with Crippen molar-refractivity contribution in [3.8, 4) is 0 Å². The molecule has 0 bridgehead atoms. The van der Waals surface area contributed by atoms with E-state index in [9.17, 15) is 4.79 Å². The first-order valence-corrected chi connectivity index (χ1v) is 5.35. The molecule has 80 valence electrons. The van der Waals surface area contributed by atoms with E-state index in [4.69, 9.17) is 5.73 Å². The number of carbonyl (C=O) groups excluding carboxylic acids is 1. The summed E-state index contributed by atoms with van der Waals surface area (Å²) in [6, 6.07) is 5.85. The second kappa shape index (κ2) is 3.93. The lowest BCUT2D eigenvalue weighted by Crippen LogP contribution is -2.35. The first kappa shape index (κ1) is 10.0. The van der Waals surface area contributed by atoms with Gasteiger partial charge >= 0.3 is 0 Å². The molecule has 2 rings (SSSR count). The van der Waals surface area contributed by atoms with E-state index in [0.29, 0.717) is 12.1 Å². The zero-order valence-corrected chi connectivity index (χ0v) is 8.99. The number of piperidine rings is 1. The predicted molar refractivity (Wildman–Crippen MR) is 61.8 cm³/mol. The van der Waals surface area contributed by atoms with Gasteiger partial charge in [-0.05, 0) is 37.5 Å². The van der Waals surface area contributed by atoms with Gasteiger partial charge in [-0.25, -0.2) is 0 Å². The molecule has 0 aliphatic carbocycles. The van der Waals surface area contributed by atoms with Crippen LogP contribution in [0.15, 0.2) is 18.2 Å². The average molecular weight is 204 g/mol. The third-order valence-electron chi connectivity index (χ3n) is 2.80. The van der Waals surface area contributed by atoms with Crippen molar-refractivity contribution in [3.63, 3.8) is 0 Å². The summed E-state index contributed by atoms with van der Waals surface area (Å²) in [5.74, 6) is 0.191. The van der Waals surface area contributed by atoms with Gasteiger partial charge in [-0.15, -0.1) is 0 Å². The van der Waals surface area contributed by atoms with Gasteiger partial charge in [0, 0.05) is 13.0 Å². The highest BCUT2D eigenvalue weighted by Crippen LogP contribution is 2.27. The highest BCUT2D eigenvalue weighted by molar-refractivity contribution is 5.96. The molecule has 0 unspecified atom stereocenters. The van der Waals surface area contributed by atoms with E-state index >= 15 is 0 Å². The molecule has 1 amide bonds. The van der Waals surface area contributed by atoms with Crippen molar-refractivity contribution in [2.24, 2.45) is 0 Å². The van der Waals surface area contributed by atoms with Gasteiger partial charge in [0.2, 0.25) is 5.91 Å². The minimum absolute atomic E-state index is 0.191. The van der Waals surface area contributed by atoms with Crippen LogP contribution in [-0.2, 0) is 4.79 Å². The Hall–Kier alpha value is -1.51. The van der Waals surface area contributed by atoms with Crippen LogP contribution in [0.2, 0.25) is 0 Å². The predicted octanol–water partition coefficient (Wildman–Crippen LogP) is 2.09. The lowest BCUT2D eigenvalue weighted by Gasteiger charge is -2.27. The third kappa shape index (κ3) is 1.96. The first-order valence-electron chi connectivity index (χ1n) is 5.35. The Kier molecular flexibility index (Phi) is 2.62. The van der Waals surface area contributed by atoms with Gasteiger partial charge in [0.15, 0.2) is 0 Å². The Labute approximate surface area is 89.9 Å². The van der Waals surface area contributed by atoms with Crippen LogP contribution in [0, 0.1) is 6.92 Å². The molecular weight excluding hydrogens is 188 g/mol. The fraction of sp³-hybridized carbons (Fsp3) is 0.417. The molecule has 15 heavy (non-hydrogen) atoms. The van der Waals surface area contributed by atoms with Gasteiger partial charge < -0.3 is 10.6 Å². The number of nitrogens with zero attached hydrogens (tertiary/aromatic N) is 1. The molecule has 1 saturated heterocycles. The summed E-state index contributed by atoms with van der Waals surface area (Å²) in [5.41, 5.74) is 8.61. The summed E-state index contributed by atoms with van der Waals surface area (Å²) >= 11 is 0. The van der Waals surface area contributed by atoms with E-state index in [1.807, 2.05) is 25.1 Å². The van der Waals surface area contributed by atoms with Gasteiger partial charge in [0.25, 0.3) is 0 Å². The van der Waals surface area contributed by atoms with Crippen LogP contribution in [0.25, 0.3) is 0 Å². The third-order valence-corrected chi connectivity index (χ3v) is 2.80. The number of benzene rings is 1. The Bertz CT molecular complexity index is 387. The molecule has 0 atom stereocenters. The normalized spacial score (nSPS) is 16.9. The summed E-state index contributed by atoms with van der Waals surface area (Å²) in [4.78, 5) is 13.5. The highest BCUT2D eigenvalue weighted by Gasteiger charge is 2.20. The molecule has 2 N–H and O–H groups in total. The second-order valence-electron chi connectivity index (χ2n) is 4.06. The molecule has 3 nitrogen and oxygen atoms in total. The molecule has 1 aromatic carbocycles. The Balaban J connectivity index is 2.31. The quantitative estimate of drug-likeness (QED) is 0.712. The number of rotatable bonds is 1. The lowest BCUT2D eigenvalue weighted by atomic mass is 10.1. The molecule has 0 saturated carbocycles. The highest BCUT2D eigenvalue weighted by atomic mass is 16.2. The molecule has 1 aliphatic rings. The van der Waals surface area contributed by atoms with E-state index in [1.165, 1.54) is 0 Å². The van der Waals surface area contributed by atoms with Crippen molar-refractivity contribution in [1.29, 1.82) is 0 Å². The monoisotopic (exact) mass is 204 g/mol. The van der Waals surface area contributed by atoms with Gasteiger partial charge in [0.05, 0.1) is 11.4 Å². The van der Waals surface area contributed by atoms with E-state index in [-0.39, 0.29) is 5.91 Å². The Morgan fingerprint density at radius 1 is 1.33 bits per heavy atom. The number of anilines is 2. The van der Waals surface area contributed by atoms with Crippen molar-refractivity contribution < 1.29 is 4.79 Å². The van der Waals surface area contributed by atoms with E-state index in [2.05, 4.69) is 0 Å². The van der Waals surface area contributed by atoms with Crippen LogP contribution in [0.5, 0.6) is 0 Å². The fourth-order valence-electron chi connectivity index (χ4n) is 1.98. The molecule has 1 aromatic rings. The molecular formula is C12H16N2O. The summed E-state index contributed by atoms with van der Waals surface area (Å²) in [6.07, 6.45) is 2.72. The maximum absolute atomic E-state index is 11.7. The minimum Gasteiger partial charge on any atom is -0.397 e. The van der Waals surface area contributed by atoms with Gasteiger partial charge in [-0.2, -0.15) is 0 Å². The molecule has 3 heteroatoms. The van der Waals surface area contributed by atoms with Gasteiger partial charge in [-0.1, -0.05) is 6.07 Å². The van der Waals surface area contributed by atoms with E-state index in [1.54, 1.807) is 4.90 Å². The molecule has 0 aromatic heterocycles. The average Bonchev–Trinajstić information content (AvgIpc) is 2.20. The van der Waals surface area contributed by atoms with Crippen molar-refractivity contribution in [1.82, 2.24) is 0 Å². The topological polar surface area (TPSA) is 46.3 Å². The number of hydrogen-bond acceptors (Lipinski definition) is 2. The summed E-state index contributed by atoms with van der Waals surface area (Å²) in [6.45, 7) is 2.80. The maximum Gasteiger partial charge on any atom is 0.227 e. The first-order chi connectivity index (χ1) is 7.18. The summed E-state index contributed by atoms with van der Waals surface area (Å²) in [7, 11) is 0. The molecule has 1 heterocycles. The standard InChI is InChI=1S/C12H16N2O/c1-9-5-6-11(10(13)8-9)14-7-3-2-4-12(14)15/h5-6,8H,2-4,7,13H2,1H3. The smallest absolute Gasteiger partial charge is 0.227 e. The molecule has 0 spiro atoms. The van der Waals surface area contributed by atoms with Crippen LogP contribution < -0.4 is 10.6 Å². The summed E-state index contributed by atoms with van der Waals surface area (Å²) in [5, 5.41) is 0. The number of hydrogen-bond donors (Lipinski definition) is 1. The fourth-order valence-corrected chi connectivity index (χ4v) is 1.98. The van der Waals surface area contributed by atoms with Crippen molar-refractivity contribution in [3.05, 3.63) is 23.8 Å². The van der Waals surface area contributed by atoms with Crippen molar-refractivity contribution >= 4 is 17.3 Å². The Morgan fingerprint density at radius 2 is 2.13 bits per heavy atom. The minimum atomic E-state index is 0.191. The number of aryl methyl sites for hydroxylation is 1. The zero-order valence-electron chi connectivity index (χ0n) is 8.99. The number of nitrogen functional groups attached to an aromatic ring is 1. The largest absolute Gasteiger partial charge is 0.397 e. The number of amides is 1. The van der Waals surface area contributed by atoms with Gasteiger partial charge in [0.1, 0.15) is 0 Å². The SMILES string of the molecule is Cc1ccc(N2CCCCC2=O)c(N)c1. The van der Waals surface area contributed by atoms with Gasteiger partial charge in [-0.3, -0.25) is 4.79 Å². The Morgan fingerprint density at radius 3 is 2.80 bits per heavy atom. The summed E-state index contributed by atoms with van der Waals surface area (Å²) < 4.78 is 0. The van der Waals surface area contributed by atoms with Crippen LogP contribution in [0.3, 0.4) is 0 Å². The number of nitrogens with two attached hydrogens (primary N) is 1. The molecule has 1 aliphatic heterocycles. The van der Waals surface area contributed by atoms with Crippen LogP contribution in [-0.4, -0.2) is 12.5 Å². The zero-order chi connectivity index (χ0) is 10.8. The van der Waals surface area contributed by atoms with Crippen LogP contribution in [0.4, 0.5) is 11.4 Å². The molecule has 0 radical (unpaired) electrons. The van der Waals surface area contributed by atoms with E-state index in [0.717, 1.165) is 30.6 Å². The van der Waals surface area contributed by atoms with Crippen LogP contribution >= 0.6 is 0 Å². The lowest BCUT2D eigenvalue weighted by molar-refractivity contribution is -0.119. The van der Waals surface area contributed by atoms with Crippen molar-refractivity contribution in [2.75, 3.05) is 17.2 Å². The second-order valence-corrected chi connectivity index (χ2v) is 4.06. The maximum atomic E-state index is 11.7. The van der Waals surface area contributed by atoms with Crippen molar-refractivity contribution in [2.45, 2.75) is 26.2 Å².